The molecule has 2 aromatic carbocycles. The molecule has 2 heterocycles. The van der Waals surface area contributed by atoms with Gasteiger partial charge in [-0.2, -0.15) is 0 Å². The molecule has 138 valence electrons. The third-order valence-electron chi connectivity index (χ3n) is 4.86. The number of non-ortho nitro benzene ring substituents is 1. The number of rotatable bonds is 4. The lowest BCUT2D eigenvalue weighted by Gasteiger charge is -2.33. The summed E-state index contributed by atoms with van der Waals surface area (Å²) in [6, 6.07) is 16.4. The van der Waals surface area contributed by atoms with E-state index in [1.807, 2.05) is 39.8 Å². The number of nitrogens with zero attached hydrogens (tertiary/aromatic N) is 3. The summed E-state index contributed by atoms with van der Waals surface area (Å²) < 4.78 is 7.65. The van der Waals surface area contributed by atoms with Crippen LogP contribution in [0, 0.1) is 10.1 Å². The fraction of sp³-hybridized carbons (Fsp3) is 0.250. The second kappa shape index (κ2) is 7.20. The molecule has 0 spiro atoms. The molecule has 7 heteroatoms. The number of aromatic nitrogens is 1. The molecule has 0 unspecified atom stereocenters. The topological polar surface area (TPSA) is 77.6 Å². The van der Waals surface area contributed by atoms with E-state index >= 15 is 0 Å². The molecule has 27 heavy (non-hydrogen) atoms. The van der Waals surface area contributed by atoms with Crippen molar-refractivity contribution < 1.29 is 14.5 Å². The number of nitro groups is 1. The average Bonchev–Trinajstić information content (AvgIpc) is 3.10. The van der Waals surface area contributed by atoms with Crippen LogP contribution >= 0.6 is 0 Å². The van der Waals surface area contributed by atoms with Crippen molar-refractivity contribution in [3.05, 3.63) is 76.5 Å². The lowest BCUT2D eigenvalue weighted by molar-refractivity contribution is -0.384. The zero-order chi connectivity index (χ0) is 18.8. The molecule has 0 radical (unpaired) electrons. The lowest BCUT2D eigenvalue weighted by atomic mass is 10.1. The summed E-state index contributed by atoms with van der Waals surface area (Å²) in [6.07, 6.45) is 1.68. The molecule has 7 nitrogen and oxygen atoms in total. The Bertz CT molecular complexity index is 983. The smallest absolute Gasteiger partial charge is 0.270 e. The van der Waals surface area contributed by atoms with E-state index in [-0.39, 0.29) is 24.2 Å². The Morgan fingerprint density at radius 2 is 2.00 bits per heavy atom. The van der Waals surface area contributed by atoms with E-state index in [9.17, 15) is 14.9 Å². The number of benzene rings is 2. The lowest BCUT2D eigenvalue weighted by Crippen LogP contribution is -2.43. The van der Waals surface area contributed by atoms with Gasteiger partial charge in [0.25, 0.3) is 5.69 Å². The van der Waals surface area contributed by atoms with E-state index < -0.39 is 4.92 Å². The van der Waals surface area contributed by atoms with Crippen LogP contribution in [0.2, 0.25) is 0 Å². The number of hydrogen-bond acceptors (Lipinski definition) is 4. The van der Waals surface area contributed by atoms with Crippen molar-refractivity contribution in [3.8, 4) is 0 Å². The van der Waals surface area contributed by atoms with Gasteiger partial charge >= 0.3 is 0 Å². The highest BCUT2D eigenvalue weighted by molar-refractivity contribution is 5.85. The summed E-state index contributed by atoms with van der Waals surface area (Å²) in [4.78, 5) is 25.1. The molecule has 1 amide bonds. The highest BCUT2D eigenvalue weighted by atomic mass is 16.6. The number of nitro benzene ring substituents is 1. The van der Waals surface area contributed by atoms with E-state index in [2.05, 4.69) is 0 Å². The van der Waals surface area contributed by atoms with Gasteiger partial charge in [0.15, 0.2) is 0 Å². The number of carbonyl (C=O) groups excluding carboxylic acids is 1. The summed E-state index contributed by atoms with van der Waals surface area (Å²) in [7, 11) is 0. The second-order valence-corrected chi connectivity index (χ2v) is 6.55. The van der Waals surface area contributed by atoms with Gasteiger partial charge in [-0.15, -0.1) is 0 Å². The van der Waals surface area contributed by atoms with Crippen molar-refractivity contribution in [3.63, 3.8) is 0 Å². The highest BCUT2D eigenvalue weighted by Gasteiger charge is 2.25. The first-order valence-corrected chi connectivity index (χ1v) is 8.79. The number of hydrogen-bond donors (Lipinski definition) is 0. The van der Waals surface area contributed by atoms with E-state index in [0.717, 1.165) is 16.5 Å². The van der Waals surface area contributed by atoms with Crippen LogP contribution in [0.25, 0.3) is 10.9 Å². The van der Waals surface area contributed by atoms with Crippen LogP contribution in [0.3, 0.4) is 0 Å². The Balaban J connectivity index is 1.49. The largest absolute Gasteiger partial charge is 0.370 e. The molecule has 0 bridgehead atoms. The highest BCUT2D eigenvalue weighted by Crippen LogP contribution is 2.24. The summed E-state index contributed by atoms with van der Waals surface area (Å²) in [5.74, 6) is 0.00934. The number of fused-ring (bicyclic) bond motifs is 1. The van der Waals surface area contributed by atoms with Crippen LogP contribution < -0.4 is 0 Å². The third kappa shape index (κ3) is 3.54. The molecule has 0 aliphatic carbocycles. The van der Waals surface area contributed by atoms with Crippen molar-refractivity contribution in [2.45, 2.75) is 12.6 Å². The molecule has 1 aliphatic rings. The Labute approximate surface area is 155 Å². The number of carbonyl (C=O) groups is 1. The monoisotopic (exact) mass is 365 g/mol. The van der Waals surface area contributed by atoms with Gasteiger partial charge in [-0.3, -0.25) is 14.9 Å². The molecule has 1 atom stereocenters. The van der Waals surface area contributed by atoms with E-state index in [1.165, 1.54) is 12.1 Å². The van der Waals surface area contributed by atoms with Gasteiger partial charge in [-0.25, -0.2) is 0 Å². The summed E-state index contributed by atoms with van der Waals surface area (Å²) in [5, 5.41) is 11.7. The molecule has 4 rings (SSSR count). The van der Waals surface area contributed by atoms with Crippen LogP contribution in [0.1, 0.15) is 11.7 Å². The first-order chi connectivity index (χ1) is 13.1. The quantitative estimate of drug-likeness (QED) is 0.526. The first kappa shape index (κ1) is 17.2. The molecule has 0 N–H and O–H groups in total. The zero-order valence-corrected chi connectivity index (χ0v) is 14.7. The van der Waals surface area contributed by atoms with Gasteiger partial charge in [0.05, 0.1) is 18.1 Å². The van der Waals surface area contributed by atoms with Gasteiger partial charge in [0.1, 0.15) is 12.6 Å². The van der Waals surface area contributed by atoms with Crippen LogP contribution in [-0.4, -0.2) is 40.0 Å². The van der Waals surface area contributed by atoms with Gasteiger partial charge in [-0.1, -0.05) is 30.3 Å². The molecule has 1 fully saturated rings. The molecular formula is C20H19N3O4. The van der Waals surface area contributed by atoms with Crippen LogP contribution in [-0.2, 0) is 16.1 Å². The number of amides is 1. The predicted molar refractivity (Wildman–Crippen MR) is 100 cm³/mol. The summed E-state index contributed by atoms with van der Waals surface area (Å²) in [6.45, 7) is 1.78. The molecule has 1 aromatic heterocycles. The van der Waals surface area contributed by atoms with Crippen LogP contribution in [0.4, 0.5) is 5.69 Å². The fourth-order valence-electron chi connectivity index (χ4n) is 3.43. The Hall–Kier alpha value is -3.19. The molecule has 1 aliphatic heterocycles. The van der Waals surface area contributed by atoms with Gasteiger partial charge in [0.2, 0.25) is 5.91 Å². The van der Waals surface area contributed by atoms with Crippen molar-refractivity contribution in [2.24, 2.45) is 0 Å². The summed E-state index contributed by atoms with van der Waals surface area (Å²) >= 11 is 0. The standard InChI is InChI=1S/C20H19N3O4/c24-20(22-10-11-27-19(13-22)15-4-2-1-3-5-15)14-21-9-8-16-12-17(23(25)26)6-7-18(16)21/h1-9,12,19H,10-11,13-14H2/t19-/m1/s1. The van der Waals surface area contributed by atoms with Gasteiger partial charge in [0, 0.05) is 35.8 Å². The Kier molecular flexibility index (Phi) is 4.60. The Morgan fingerprint density at radius 1 is 1.19 bits per heavy atom. The van der Waals surface area contributed by atoms with Crippen molar-refractivity contribution in [1.29, 1.82) is 0 Å². The number of morpholine rings is 1. The molecule has 0 saturated carbocycles. The van der Waals surface area contributed by atoms with Crippen molar-refractivity contribution >= 4 is 22.5 Å². The maximum Gasteiger partial charge on any atom is 0.270 e. The molecule has 3 aromatic rings. The molecular weight excluding hydrogens is 346 g/mol. The van der Waals surface area contributed by atoms with Crippen molar-refractivity contribution in [2.75, 3.05) is 19.7 Å². The van der Waals surface area contributed by atoms with E-state index in [1.54, 1.807) is 18.3 Å². The van der Waals surface area contributed by atoms with Crippen molar-refractivity contribution in [1.82, 2.24) is 9.47 Å². The van der Waals surface area contributed by atoms with Gasteiger partial charge in [-0.05, 0) is 17.7 Å². The normalized spacial score (nSPS) is 17.2. The summed E-state index contributed by atoms with van der Waals surface area (Å²) in [5.41, 5.74) is 1.92. The third-order valence-corrected chi connectivity index (χ3v) is 4.86. The van der Waals surface area contributed by atoms with E-state index in [4.69, 9.17) is 4.74 Å². The minimum atomic E-state index is -0.417. The second-order valence-electron chi connectivity index (χ2n) is 6.55. The number of ether oxygens (including phenoxy) is 1. The SMILES string of the molecule is O=C(Cn1ccc2cc([N+](=O)[O-])ccc21)N1CCO[C@@H](c2ccccc2)C1. The molecule has 1 saturated heterocycles. The maximum atomic E-state index is 12.8. The predicted octanol–water partition coefficient (Wildman–Crippen LogP) is 3.15. The maximum absolute atomic E-state index is 12.8. The fourth-order valence-corrected chi connectivity index (χ4v) is 3.43. The van der Waals surface area contributed by atoms with Crippen LogP contribution in [0.15, 0.2) is 60.8 Å². The van der Waals surface area contributed by atoms with Gasteiger partial charge < -0.3 is 14.2 Å². The van der Waals surface area contributed by atoms with E-state index in [0.29, 0.717) is 19.7 Å². The Morgan fingerprint density at radius 3 is 2.78 bits per heavy atom. The van der Waals surface area contributed by atoms with Crippen LogP contribution in [0.5, 0.6) is 0 Å². The first-order valence-electron chi connectivity index (χ1n) is 8.79. The minimum Gasteiger partial charge on any atom is -0.370 e. The average molecular weight is 365 g/mol. The zero-order valence-electron chi connectivity index (χ0n) is 14.7. The minimum absolute atomic E-state index is 0.00934.